The van der Waals surface area contributed by atoms with Gasteiger partial charge < -0.3 is 5.11 Å². The maximum atomic E-state index is 10.0. The van der Waals surface area contributed by atoms with Gasteiger partial charge in [0.25, 0.3) is 0 Å². The van der Waals surface area contributed by atoms with Crippen LogP contribution in [0.15, 0.2) is 42.7 Å². The Morgan fingerprint density at radius 1 is 1.06 bits per heavy atom. The molecule has 0 aliphatic carbocycles. The normalized spacial score (nSPS) is 12.4. The third kappa shape index (κ3) is 3.70. The molecular formula is C14H13Cl2NO. The molecule has 0 spiro atoms. The third-order valence-electron chi connectivity index (χ3n) is 2.65. The summed E-state index contributed by atoms with van der Waals surface area (Å²) in [7, 11) is 0. The first-order valence-corrected chi connectivity index (χ1v) is 6.41. The van der Waals surface area contributed by atoms with E-state index in [0.29, 0.717) is 22.9 Å². The summed E-state index contributed by atoms with van der Waals surface area (Å²) in [5.41, 5.74) is 1.99. The molecule has 4 heteroatoms. The standard InChI is InChI=1S/C14H13Cl2NO/c15-13-4-3-10(8-14(13)16)6-12(18)7-11-2-1-5-17-9-11/h1-5,8-9,12,18H,6-7H2. The monoisotopic (exact) mass is 281 g/mol. The van der Waals surface area contributed by atoms with Gasteiger partial charge in [-0.2, -0.15) is 0 Å². The highest BCUT2D eigenvalue weighted by Crippen LogP contribution is 2.23. The van der Waals surface area contributed by atoms with Crippen LogP contribution in [0.2, 0.25) is 10.0 Å². The topological polar surface area (TPSA) is 33.1 Å². The summed E-state index contributed by atoms with van der Waals surface area (Å²) in [5.74, 6) is 0. The molecule has 1 atom stereocenters. The fourth-order valence-corrected chi connectivity index (χ4v) is 2.12. The highest BCUT2D eigenvalue weighted by atomic mass is 35.5. The number of benzene rings is 1. The van der Waals surface area contributed by atoms with E-state index < -0.39 is 6.10 Å². The van der Waals surface area contributed by atoms with Crippen molar-refractivity contribution in [1.82, 2.24) is 4.98 Å². The Morgan fingerprint density at radius 2 is 1.83 bits per heavy atom. The van der Waals surface area contributed by atoms with Crippen LogP contribution in [0.1, 0.15) is 11.1 Å². The molecule has 0 bridgehead atoms. The van der Waals surface area contributed by atoms with Gasteiger partial charge in [-0.3, -0.25) is 4.98 Å². The van der Waals surface area contributed by atoms with Crippen LogP contribution in [0, 0.1) is 0 Å². The summed E-state index contributed by atoms with van der Waals surface area (Å²) < 4.78 is 0. The van der Waals surface area contributed by atoms with Gasteiger partial charge in [0.15, 0.2) is 0 Å². The molecule has 0 fully saturated rings. The first kappa shape index (κ1) is 13.3. The van der Waals surface area contributed by atoms with Crippen molar-refractivity contribution in [2.24, 2.45) is 0 Å². The summed E-state index contributed by atoms with van der Waals surface area (Å²) in [4.78, 5) is 4.02. The van der Waals surface area contributed by atoms with Gasteiger partial charge in [-0.15, -0.1) is 0 Å². The van der Waals surface area contributed by atoms with E-state index in [0.717, 1.165) is 11.1 Å². The maximum Gasteiger partial charge on any atom is 0.0621 e. The molecule has 18 heavy (non-hydrogen) atoms. The number of aliphatic hydroxyl groups is 1. The Balaban J connectivity index is 1.99. The lowest BCUT2D eigenvalue weighted by Gasteiger charge is -2.11. The van der Waals surface area contributed by atoms with E-state index in [1.54, 1.807) is 24.5 Å². The number of hydrogen-bond acceptors (Lipinski definition) is 2. The highest BCUT2D eigenvalue weighted by molar-refractivity contribution is 6.42. The van der Waals surface area contributed by atoms with Crippen LogP contribution in [-0.2, 0) is 12.8 Å². The van der Waals surface area contributed by atoms with Crippen LogP contribution in [0.4, 0.5) is 0 Å². The van der Waals surface area contributed by atoms with E-state index in [2.05, 4.69) is 4.98 Å². The summed E-state index contributed by atoms with van der Waals surface area (Å²) in [5, 5.41) is 11.1. The van der Waals surface area contributed by atoms with Crippen LogP contribution in [0.25, 0.3) is 0 Å². The fourth-order valence-electron chi connectivity index (χ4n) is 1.80. The molecule has 1 aromatic carbocycles. The van der Waals surface area contributed by atoms with Crippen LogP contribution in [-0.4, -0.2) is 16.2 Å². The summed E-state index contributed by atoms with van der Waals surface area (Å²) in [6.07, 6.45) is 4.15. The second-order valence-electron chi connectivity index (χ2n) is 4.17. The minimum absolute atomic E-state index is 0.452. The van der Waals surface area contributed by atoms with Crippen molar-refractivity contribution in [3.8, 4) is 0 Å². The molecule has 1 unspecified atom stereocenters. The molecule has 2 rings (SSSR count). The van der Waals surface area contributed by atoms with Gasteiger partial charge in [-0.25, -0.2) is 0 Å². The Bertz CT molecular complexity index is 516. The van der Waals surface area contributed by atoms with E-state index in [-0.39, 0.29) is 0 Å². The van der Waals surface area contributed by atoms with Crippen molar-refractivity contribution in [1.29, 1.82) is 0 Å². The minimum atomic E-state index is -0.452. The maximum absolute atomic E-state index is 10.0. The third-order valence-corrected chi connectivity index (χ3v) is 3.39. The van der Waals surface area contributed by atoms with Crippen molar-refractivity contribution in [3.05, 3.63) is 63.9 Å². The lowest BCUT2D eigenvalue weighted by molar-refractivity contribution is 0.175. The first-order chi connectivity index (χ1) is 8.65. The SMILES string of the molecule is OC(Cc1cccnc1)Cc1ccc(Cl)c(Cl)c1. The van der Waals surface area contributed by atoms with Gasteiger partial charge in [0.05, 0.1) is 16.1 Å². The Kier molecular flexibility index (Phi) is 4.59. The molecule has 0 aliphatic heterocycles. The Hall–Kier alpha value is -1.09. The lowest BCUT2D eigenvalue weighted by Crippen LogP contribution is -2.14. The van der Waals surface area contributed by atoms with E-state index in [9.17, 15) is 5.11 Å². The number of halogens is 2. The van der Waals surface area contributed by atoms with Crippen molar-refractivity contribution < 1.29 is 5.11 Å². The summed E-state index contributed by atoms with van der Waals surface area (Å²) in [6.45, 7) is 0. The average Bonchev–Trinajstić information content (AvgIpc) is 2.35. The number of rotatable bonds is 4. The molecular weight excluding hydrogens is 269 g/mol. The predicted octanol–water partition coefficient (Wildman–Crippen LogP) is 3.53. The second kappa shape index (κ2) is 6.19. The molecule has 0 radical (unpaired) electrons. The highest BCUT2D eigenvalue weighted by Gasteiger charge is 2.08. The predicted molar refractivity (Wildman–Crippen MR) is 74.1 cm³/mol. The Morgan fingerprint density at radius 3 is 2.50 bits per heavy atom. The van der Waals surface area contributed by atoms with Crippen molar-refractivity contribution >= 4 is 23.2 Å². The van der Waals surface area contributed by atoms with Gasteiger partial charge in [0.1, 0.15) is 0 Å². The summed E-state index contributed by atoms with van der Waals surface area (Å²) in [6, 6.07) is 9.22. The van der Waals surface area contributed by atoms with Crippen molar-refractivity contribution in [2.45, 2.75) is 18.9 Å². The molecule has 0 saturated carbocycles. The first-order valence-electron chi connectivity index (χ1n) is 5.66. The largest absolute Gasteiger partial charge is 0.392 e. The molecule has 1 N–H and O–H groups in total. The van der Waals surface area contributed by atoms with Crippen LogP contribution >= 0.6 is 23.2 Å². The molecule has 0 saturated heterocycles. The van der Waals surface area contributed by atoms with E-state index in [4.69, 9.17) is 23.2 Å². The molecule has 94 valence electrons. The van der Waals surface area contributed by atoms with Gasteiger partial charge in [-0.05, 0) is 35.7 Å². The van der Waals surface area contributed by atoms with Gasteiger partial charge in [0, 0.05) is 18.8 Å². The Labute approximate surface area is 116 Å². The van der Waals surface area contributed by atoms with Crippen LogP contribution in [0.5, 0.6) is 0 Å². The lowest BCUT2D eigenvalue weighted by atomic mass is 10.0. The van der Waals surface area contributed by atoms with Crippen LogP contribution in [0.3, 0.4) is 0 Å². The average molecular weight is 282 g/mol. The van der Waals surface area contributed by atoms with E-state index >= 15 is 0 Å². The minimum Gasteiger partial charge on any atom is -0.392 e. The zero-order valence-corrected chi connectivity index (χ0v) is 11.2. The van der Waals surface area contributed by atoms with Crippen LogP contribution < -0.4 is 0 Å². The van der Waals surface area contributed by atoms with Crippen molar-refractivity contribution in [3.63, 3.8) is 0 Å². The van der Waals surface area contributed by atoms with Gasteiger partial charge >= 0.3 is 0 Å². The summed E-state index contributed by atoms with van der Waals surface area (Å²) >= 11 is 11.8. The molecule has 1 aromatic heterocycles. The number of pyridine rings is 1. The number of aliphatic hydroxyl groups excluding tert-OH is 1. The molecule has 2 nitrogen and oxygen atoms in total. The van der Waals surface area contributed by atoms with E-state index in [1.165, 1.54) is 0 Å². The van der Waals surface area contributed by atoms with Gasteiger partial charge in [-0.1, -0.05) is 35.3 Å². The van der Waals surface area contributed by atoms with Gasteiger partial charge in [0.2, 0.25) is 0 Å². The molecule has 0 amide bonds. The molecule has 0 aliphatic rings. The number of hydrogen-bond donors (Lipinski definition) is 1. The quantitative estimate of drug-likeness (QED) is 0.930. The second-order valence-corrected chi connectivity index (χ2v) is 4.99. The smallest absolute Gasteiger partial charge is 0.0621 e. The number of nitrogens with zero attached hydrogens (tertiary/aromatic N) is 1. The molecule has 1 heterocycles. The fraction of sp³-hybridized carbons (Fsp3) is 0.214. The van der Waals surface area contributed by atoms with E-state index in [1.807, 2.05) is 18.2 Å². The zero-order valence-electron chi connectivity index (χ0n) is 9.68. The number of aromatic nitrogens is 1. The zero-order chi connectivity index (χ0) is 13.0. The molecule has 2 aromatic rings. The van der Waals surface area contributed by atoms with Crippen molar-refractivity contribution in [2.75, 3.05) is 0 Å².